The number of aryl methyl sites for hydroxylation is 1. The first kappa shape index (κ1) is 18.1. The summed E-state index contributed by atoms with van der Waals surface area (Å²) in [5.74, 6) is 0.748. The van der Waals surface area contributed by atoms with E-state index in [-0.39, 0.29) is 16.7 Å². The van der Waals surface area contributed by atoms with Crippen LogP contribution in [0.3, 0.4) is 0 Å². The van der Waals surface area contributed by atoms with Gasteiger partial charge in [0.05, 0.1) is 27.7 Å². The Bertz CT molecular complexity index is 1230. The zero-order valence-corrected chi connectivity index (χ0v) is 16.3. The molecule has 1 atom stereocenters. The van der Waals surface area contributed by atoms with Crippen LogP contribution in [-0.2, 0) is 0 Å². The molecular formula is C23H19N5O2. The molecule has 7 heteroatoms. The van der Waals surface area contributed by atoms with E-state index in [2.05, 4.69) is 17.1 Å². The predicted octanol–water partition coefficient (Wildman–Crippen LogP) is 5.14. The van der Waals surface area contributed by atoms with Gasteiger partial charge >= 0.3 is 0 Å². The summed E-state index contributed by atoms with van der Waals surface area (Å²) in [6, 6.07) is 22.7. The Morgan fingerprint density at radius 2 is 1.77 bits per heavy atom. The van der Waals surface area contributed by atoms with E-state index in [1.165, 1.54) is 5.56 Å². The molecule has 3 aromatic carbocycles. The molecule has 0 saturated heterocycles. The van der Waals surface area contributed by atoms with Gasteiger partial charge in [0.15, 0.2) is 5.82 Å². The van der Waals surface area contributed by atoms with Crippen LogP contribution in [0.15, 0.2) is 77.9 Å². The van der Waals surface area contributed by atoms with Gasteiger partial charge < -0.3 is 4.98 Å². The number of nitrogens with zero attached hydrogens (tertiary/aromatic N) is 4. The lowest BCUT2D eigenvalue weighted by molar-refractivity contribution is -0.384. The maximum Gasteiger partial charge on any atom is 0.269 e. The molecule has 0 bridgehead atoms. The van der Waals surface area contributed by atoms with Crippen LogP contribution in [0.5, 0.6) is 0 Å². The van der Waals surface area contributed by atoms with E-state index in [1.807, 2.05) is 48.3 Å². The van der Waals surface area contributed by atoms with Crippen molar-refractivity contribution in [3.8, 4) is 0 Å². The summed E-state index contributed by atoms with van der Waals surface area (Å²) in [6.45, 7) is 2.05. The van der Waals surface area contributed by atoms with Gasteiger partial charge in [0.25, 0.3) is 5.69 Å². The highest BCUT2D eigenvalue weighted by atomic mass is 16.6. The van der Waals surface area contributed by atoms with Crippen molar-refractivity contribution in [2.45, 2.75) is 19.4 Å². The van der Waals surface area contributed by atoms with Gasteiger partial charge in [-0.25, -0.2) is 4.98 Å². The number of nitrogens with one attached hydrogen (secondary N) is 1. The van der Waals surface area contributed by atoms with Gasteiger partial charge in [0.1, 0.15) is 5.71 Å². The van der Waals surface area contributed by atoms with Crippen LogP contribution >= 0.6 is 0 Å². The average molecular weight is 397 g/mol. The van der Waals surface area contributed by atoms with Crippen LogP contribution in [0.4, 0.5) is 11.4 Å². The molecule has 1 aromatic heterocycles. The molecule has 30 heavy (non-hydrogen) atoms. The second-order valence-electron chi connectivity index (χ2n) is 7.40. The second kappa shape index (κ2) is 7.11. The highest BCUT2D eigenvalue weighted by molar-refractivity contribution is 6.02. The number of imidazole rings is 1. The lowest BCUT2D eigenvalue weighted by Gasteiger charge is -2.24. The normalized spacial score (nSPS) is 16.1. The number of para-hydroxylation sites is 2. The fourth-order valence-corrected chi connectivity index (χ4v) is 3.76. The average Bonchev–Trinajstić information content (AvgIpc) is 3.39. The summed E-state index contributed by atoms with van der Waals surface area (Å²) in [6.07, 6.45) is 0.644. The Labute approximate surface area is 172 Å². The van der Waals surface area contributed by atoms with Gasteiger partial charge in [0, 0.05) is 18.6 Å². The molecule has 0 unspecified atom stereocenters. The molecule has 1 aliphatic rings. The van der Waals surface area contributed by atoms with Crippen molar-refractivity contribution in [3.05, 3.63) is 99.9 Å². The standard InChI is InChI=1S/C23H19N5O2/c1-15-6-10-17(11-7-15)27-22(16-8-12-18(13-9-16)28(29)30)14-21(26-27)23-24-19-4-2-3-5-20(19)25-23/h2-13,22H,14H2,1H3,(H,24,25)/t22-/m1/s1. The van der Waals surface area contributed by atoms with Crippen molar-refractivity contribution in [1.82, 2.24) is 9.97 Å². The third-order valence-electron chi connectivity index (χ3n) is 5.36. The number of fused-ring (bicyclic) bond motifs is 1. The maximum absolute atomic E-state index is 11.0. The number of H-pyrrole nitrogens is 1. The van der Waals surface area contributed by atoms with E-state index >= 15 is 0 Å². The van der Waals surface area contributed by atoms with Gasteiger partial charge in [-0.2, -0.15) is 5.10 Å². The van der Waals surface area contributed by atoms with Gasteiger partial charge in [-0.3, -0.25) is 15.1 Å². The lowest BCUT2D eigenvalue weighted by Crippen LogP contribution is -2.18. The third-order valence-corrected chi connectivity index (χ3v) is 5.36. The second-order valence-corrected chi connectivity index (χ2v) is 7.40. The largest absolute Gasteiger partial charge is 0.337 e. The van der Waals surface area contributed by atoms with Crippen molar-refractivity contribution >= 4 is 28.1 Å². The van der Waals surface area contributed by atoms with Crippen LogP contribution in [-0.4, -0.2) is 20.6 Å². The molecule has 4 aromatic rings. The summed E-state index contributed by atoms with van der Waals surface area (Å²) >= 11 is 0. The third kappa shape index (κ3) is 3.20. The molecule has 0 aliphatic carbocycles. The smallest absolute Gasteiger partial charge is 0.269 e. The number of nitro benzene ring substituents is 1. The van der Waals surface area contributed by atoms with Gasteiger partial charge in [-0.1, -0.05) is 42.0 Å². The number of anilines is 1. The zero-order valence-electron chi connectivity index (χ0n) is 16.3. The van der Waals surface area contributed by atoms with E-state index in [0.29, 0.717) is 6.42 Å². The Morgan fingerprint density at radius 1 is 1.03 bits per heavy atom. The SMILES string of the molecule is Cc1ccc(N2N=C(c3nc4ccccc4[nH]3)C[C@@H]2c2ccc([N+](=O)[O-])cc2)cc1. The number of non-ortho nitro benzene ring substituents is 1. The number of rotatable bonds is 4. The Balaban J connectivity index is 1.55. The van der Waals surface area contributed by atoms with Crippen LogP contribution < -0.4 is 5.01 Å². The molecule has 1 N–H and O–H groups in total. The lowest BCUT2D eigenvalue weighted by atomic mass is 10.0. The van der Waals surface area contributed by atoms with E-state index in [0.717, 1.165) is 33.8 Å². The Hall–Kier alpha value is -4.00. The fraction of sp³-hybridized carbons (Fsp3) is 0.130. The van der Waals surface area contributed by atoms with Crippen LogP contribution in [0.2, 0.25) is 0 Å². The van der Waals surface area contributed by atoms with Crippen LogP contribution in [0.25, 0.3) is 11.0 Å². The molecular weight excluding hydrogens is 378 g/mol. The number of aromatic amines is 1. The van der Waals surface area contributed by atoms with Gasteiger partial charge in [-0.05, 0) is 36.8 Å². The molecule has 2 heterocycles. The zero-order chi connectivity index (χ0) is 20.7. The summed E-state index contributed by atoms with van der Waals surface area (Å²) in [5.41, 5.74) is 5.91. The number of hydrogen-bond acceptors (Lipinski definition) is 5. The minimum absolute atomic E-state index is 0.0725. The molecule has 5 rings (SSSR count). The number of aromatic nitrogens is 2. The quantitative estimate of drug-likeness (QED) is 0.382. The highest BCUT2D eigenvalue weighted by Crippen LogP contribution is 2.37. The fourth-order valence-electron chi connectivity index (χ4n) is 3.76. The first-order valence-electron chi connectivity index (χ1n) is 9.71. The van der Waals surface area contributed by atoms with E-state index in [4.69, 9.17) is 10.1 Å². The molecule has 7 nitrogen and oxygen atoms in total. The number of nitro groups is 1. The van der Waals surface area contributed by atoms with E-state index in [9.17, 15) is 10.1 Å². The molecule has 0 radical (unpaired) electrons. The Morgan fingerprint density at radius 3 is 2.47 bits per heavy atom. The Kier molecular flexibility index (Phi) is 4.28. The summed E-state index contributed by atoms with van der Waals surface area (Å²) in [4.78, 5) is 18.7. The van der Waals surface area contributed by atoms with Gasteiger partial charge in [-0.15, -0.1) is 0 Å². The molecule has 148 valence electrons. The summed E-state index contributed by atoms with van der Waals surface area (Å²) in [5, 5.41) is 17.9. The number of benzene rings is 3. The molecule has 0 spiro atoms. The first-order valence-corrected chi connectivity index (χ1v) is 9.71. The van der Waals surface area contributed by atoms with Crippen molar-refractivity contribution < 1.29 is 4.92 Å². The molecule has 0 fully saturated rings. The first-order chi connectivity index (χ1) is 14.6. The van der Waals surface area contributed by atoms with Gasteiger partial charge in [0.2, 0.25) is 0 Å². The molecule has 0 amide bonds. The van der Waals surface area contributed by atoms with Crippen LogP contribution in [0.1, 0.15) is 29.4 Å². The van der Waals surface area contributed by atoms with Crippen LogP contribution in [0, 0.1) is 17.0 Å². The van der Waals surface area contributed by atoms with E-state index < -0.39 is 0 Å². The molecule has 0 saturated carbocycles. The predicted molar refractivity (Wildman–Crippen MR) is 117 cm³/mol. The van der Waals surface area contributed by atoms with Crippen molar-refractivity contribution in [2.24, 2.45) is 5.10 Å². The number of hydrogen-bond donors (Lipinski definition) is 1. The number of hydrazone groups is 1. The van der Waals surface area contributed by atoms with Crippen molar-refractivity contribution in [2.75, 3.05) is 5.01 Å². The molecule has 1 aliphatic heterocycles. The minimum Gasteiger partial charge on any atom is -0.337 e. The van der Waals surface area contributed by atoms with Crippen molar-refractivity contribution in [1.29, 1.82) is 0 Å². The summed E-state index contributed by atoms with van der Waals surface area (Å²) in [7, 11) is 0. The van der Waals surface area contributed by atoms with E-state index in [1.54, 1.807) is 24.3 Å². The van der Waals surface area contributed by atoms with Crippen molar-refractivity contribution in [3.63, 3.8) is 0 Å². The highest BCUT2D eigenvalue weighted by Gasteiger charge is 2.31. The topological polar surface area (TPSA) is 87.4 Å². The monoisotopic (exact) mass is 397 g/mol. The maximum atomic E-state index is 11.0. The summed E-state index contributed by atoms with van der Waals surface area (Å²) < 4.78 is 0. The minimum atomic E-state index is -0.382.